The summed E-state index contributed by atoms with van der Waals surface area (Å²) < 4.78 is 0. The van der Waals surface area contributed by atoms with Crippen molar-refractivity contribution in [1.82, 2.24) is 5.43 Å². The van der Waals surface area contributed by atoms with Crippen LogP contribution >= 0.6 is 0 Å². The van der Waals surface area contributed by atoms with Crippen LogP contribution in [0.2, 0.25) is 0 Å². The van der Waals surface area contributed by atoms with Crippen LogP contribution in [0.15, 0.2) is 0 Å². The normalized spacial score (nSPS) is 30.9. The molecule has 0 heterocycles. The molecule has 1 unspecified atom stereocenters. The summed E-state index contributed by atoms with van der Waals surface area (Å²) in [7, 11) is 0. The van der Waals surface area contributed by atoms with Crippen molar-refractivity contribution < 1.29 is 0 Å². The molecule has 1 fully saturated rings. The Morgan fingerprint density at radius 3 is 2.70 bits per heavy atom. The molecule has 60 valence electrons. The van der Waals surface area contributed by atoms with Gasteiger partial charge in [-0.05, 0) is 30.6 Å². The lowest BCUT2D eigenvalue weighted by atomic mass is 9.91. The minimum atomic E-state index is 0.571. The maximum Gasteiger partial charge on any atom is 0.0126 e. The summed E-state index contributed by atoms with van der Waals surface area (Å²) in [4.78, 5) is 0. The molecule has 2 heteroatoms. The minimum absolute atomic E-state index is 0.571. The Balaban J connectivity index is 2.29. The van der Waals surface area contributed by atoms with E-state index in [2.05, 4.69) is 19.3 Å². The fourth-order valence-electron chi connectivity index (χ4n) is 1.92. The van der Waals surface area contributed by atoms with Crippen molar-refractivity contribution in [3.8, 4) is 0 Å². The van der Waals surface area contributed by atoms with E-state index in [1.54, 1.807) is 0 Å². The molecule has 1 saturated carbocycles. The molecule has 0 bridgehead atoms. The molecule has 0 aromatic heterocycles. The summed E-state index contributed by atoms with van der Waals surface area (Å²) >= 11 is 0. The molecule has 1 aliphatic rings. The predicted octanol–water partition coefficient (Wildman–Crippen LogP) is 1.28. The van der Waals surface area contributed by atoms with Crippen molar-refractivity contribution in [2.75, 3.05) is 6.54 Å². The Bertz CT molecular complexity index is 110. The van der Waals surface area contributed by atoms with Gasteiger partial charge in [-0.1, -0.05) is 13.8 Å². The fourth-order valence-corrected chi connectivity index (χ4v) is 1.92. The van der Waals surface area contributed by atoms with Crippen LogP contribution in [-0.2, 0) is 0 Å². The van der Waals surface area contributed by atoms with E-state index in [4.69, 9.17) is 5.84 Å². The number of nitrogens with two attached hydrogens (primary N) is 1. The molecule has 1 atom stereocenters. The third-order valence-corrected chi connectivity index (χ3v) is 2.48. The number of hydrogen-bond donors (Lipinski definition) is 2. The number of nitrogens with one attached hydrogen (secondary N) is 1. The maximum absolute atomic E-state index is 5.25. The van der Waals surface area contributed by atoms with E-state index in [1.165, 1.54) is 19.3 Å². The van der Waals surface area contributed by atoms with Gasteiger partial charge in [-0.2, -0.15) is 0 Å². The lowest BCUT2D eigenvalue weighted by Crippen LogP contribution is -2.28. The molecule has 0 spiro atoms. The molecule has 0 aliphatic heterocycles. The third-order valence-electron chi connectivity index (χ3n) is 2.48. The number of hydrogen-bond acceptors (Lipinski definition) is 2. The van der Waals surface area contributed by atoms with Gasteiger partial charge in [0.15, 0.2) is 0 Å². The molecule has 3 N–H and O–H groups in total. The summed E-state index contributed by atoms with van der Waals surface area (Å²) in [6, 6.07) is 0. The Kier molecular flexibility index (Phi) is 2.32. The van der Waals surface area contributed by atoms with Gasteiger partial charge in [0.1, 0.15) is 0 Å². The van der Waals surface area contributed by atoms with Gasteiger partial charge in [-0.25, -0.2) is 0 Å². The van der Waals surface area contributed by atoms with Crippen molar-refractivity contribution in [3.05, 3.63) is 0 Å². The molecule has 0 saturated heterocycles. The highest BCUT2D eigenvalue weighted by atomic mass is 15.2. The average molecular weight is 142 g/mol. The van der Waals surface area contributed by atoms with Crippen LogP contribution in [0.4, 0.5) is 0 Å². The second-order valence-corrected chi connectivity index (χ2v) is 4.18. The Labute approximate surface area is 63.1 Å². The van der Waals surface area contributed by atoms with Gasteiger partial charge in [0.25, 0.3) is 0 Å². The standard InChI is InChI=1S/C8H18N2/c1-8(2)4-3-7(5-8)6-10-9/h7,10H,3-6,9H2,1-2H3. The Morgan fingerprint density at radius 1 is 1.60 bits per heavy atom. The molecule has 0 amide bonds. The lowest BCUT2D eigenvalue weighted by molar-refractivity contribution is 0.356. The highest BCUT2D eigenvalue weighted by Gasteiger charge is 2.29. The molecule has 1 rings (SSSR count). The van der Waals surface area contributed by atoms with Gasteiger partial charge in [-0.15, -0.1) is 0 Å². The van der Waals surface area contributed by atoms with Crippen molar-refractivity contribution >= 4 is 0 Å². The first-order valence-electron chi connectivity index (χ1n) is 4.07. The first kappa shape index (κ1) is 8.02. The summed E-state index contributed by atoms with van der Waals surface area (Å²) in [5.74, 6) is 6.07. The van der Waals surface area contributed by atoms with Gasteiger partial charge < -0.3 is 0 Å². The van der Waals surface area contributed by atoms with Crippen LogP contribution in [0, 0.1) is 11.3 Å². The smallest absolute Gasteiger partial charge is 0.0126 e. The van der Waals surface area contributed by atoms with E-state index in [9.17, 15) is 0 Å². The zero-order valence-electron chi connectivity index (χ0n) is 6.98. The summed E-state index contributed by atoms with van der Waals surface area (Å²) in [6.45, 7) is 5.66. The quantitative estimate of drug-likeness (QED) is 0.450. The van der Waals surface area contributed by atoms with Crippen molar-refractivity contribution in [2.24, 2.45) is 17.2 Å². The van der Waals surface area contributed by atoms with Gasteiger partial charge in [-0.3, -0.25) is 11.3 Å². The summed E-state index contributed by atoms with van der Waals surface area (Å²) in [5, 5.41) is 0. The molecule has 1 aliphatic carbocycles. The first-order chi connectivity index (χ1) is 4.64. The van der Waals surface area contributed by atoms with Crippen LogP contribution in [0.5, 0.6) is 0 Å². The molecular formula is C8H18N2. The number of hydrazine groups is 1. The third kappa shape index (κ3) is 1.96. The zero-order valence-corrected chi connectivity index (χ0v) is 6.98. The predicted molar refractivity (Wildman–Crippen MR) is 43.3 cm³/mol. The highest BCUT2D eigenvalue weighted by molar-refractivity contribution is 4.82. The molecule has 0 aromatic carbocycles. The summed E-state index contributed by atoms with van der Waals surface area (Å²) in [5.41, 5.74) is 3.32. The average Bonchev–Trinajstić information content (AvgIpc) is 2.12. The van der Waals surface area contributed by atoms with Crippen molar-refractivity contribution in [2.45, 2.75) is 33.1 Å². The van der Waals surface area contributed by atoms with E-state index in [0.29, 0.717) is 5.41 Å². The molecule has 0 radical (unpaired) electrons. The Hall–Kier alpha value is -0.0800. The van der Waals surface area contributed by atoms with Gasteiger partial charge in [0.2, 0.25) is 0 Å². The van der Waals surface area contributed by atoms with E-state index in [-0.39, 0.29) is 0 Å². The molecule has 0 aromatic rings. The van der Waals surface area contributed by atoms with E-state index >= 15 is 0 Å². The monoisotopic (exact) mass is 142 g/mol. The van der Waals surface area contributed by atoms with E-state index in [0.717, 1.165) is 12.5 Å². The SMILES string of the molecule is CC1(C)CCC(CNN)C1. The molecule has 10 heavy (non-hydrogen) atoms. The Morgan fingerprint density at radius 2 is 2.30 bits per heavy atom. The van der Waals surface area contributed by atoms with Gasteiger partial charge in [0, 0.05) is 6.54 Å². The van der Waals surface area contributed by atoms with Gasteiger partial charge >= 0.3 is 0 Å². The molecule has 2 nitrogen and oxygen atoms in total. The highest BCUT2D eigenvalue weighted by Crippen LogP contribution is 2.40. The first-order valence-corrected chi connectivity index (χ1v) is 4.07. The van der Waals surface area contributed by atoms with Crippen LogP contribution in [0.25, 0.3) is 0 Å². The van der Waals surface area contributed by atoms with Crippen LogP contribution < -0.4 is 11.3 Å². The summed E-state index contributed by atoms with van der Waals surface area (Å²) in [6.07, 6.45) is 4.04. The lowest BCUT2D eigenvalue weighted by Gasteiger charge is -2.16. The largest absolute Gasteiger partial charge is 0.271 e. The second kappa shape index (κ2) is 2.89. The zero-order chi connectivity index (χ0) is 7.61. The van der Waals surface area contributed by atoms with Crippen molar-refractivity contribution in [1.29, 1.82) is 0 Å². The van der Waals surface area contributed by atoms with Crippen LogP contribution in [0.3, 0.4) is 0 Å². The van der Waals surface area contributed by atoms with Crippen LogP contribution in [0.1, 0.15) is 33.1 Å². The number of rotatable bonds is 2. The van der Waals surface area contributed by atoms with Crippen LogP contribution in [-0.4, -0.2) is 6.54 Å². The van der Waals surface area contributed by atoms with Gasteiger partial charge in [0.05, 0.1) is 0 Å². The molecular weight excluding hydrogens is 124 g/mol. The van der Waals surface area contributed by atoms with E-state index < -0.39 is 0 Å². The van der Waals surface area contributed by atoms with E-state index in [1.807, 2.05) is 0 Å². The van der Waals surface area contributed by atoms with Crippen molar-refractivity contribution in [3.63, 3.8) is 0 Å². The topological polar surface area (TPSA) is 38.0 Å². The second-order valence-electron chi connectivity index (χ2n) is 4.18. The fraction of sp³-hybridized carbons (Fsp3) is 1.00. The minimum Gasteiger partial charge on any atom is -0.271 e. The maximum atomic E-state index is 5.25.